The van der Waals surface area contributed by atoms with Crippen molar-refractivity contribution in [3.05, 3.63) is 72.4 Å². The van der Waals surface area contributed by atoms with Crippen LogP contribution in [0.15, 0.2) is 56.1 Å². The normalized spacial score (nSPS) is 15.0. The van der Waals surface area contributed by atoms with E-state index in [2.05, 4.69) is 44.0 Å². The number of aromatic nitrogens is 4. The van der Waals surface area contributed by atoms with Gasteiger partial charge in [0.2, 0.25) is 0 Å². The molecule has 0 radical (unpaired) electrons. The Morgan fingerprint density at radius 3 is 2.65 bits per heavy atom. The molecule has 1 aliphatic rings. The molecule has 1 aliphatic heterocycles. The average Bonchev–Trinajstić information content (AvgIpc) is 3.34. The van der Waals surface area contributed by atoms with Crippen LogP contribution < -0.4 is 15.5 Å². The minimum Gasteiger partial charge on any atom is -0.353 e. The molecule has 1 fully saturated rings. The molecule has 0 saturated carbocycles. The lowest BCUT2D eigenvalue weighted by atomic mass is 10.2. The molecule has 0 amide bonds. The van der Waals surface area contributed by atoms with E-state index < -0.39 is 5.92 Å². The van der Waals surface area contributed by atoms with Gasteiger partial charge in [0.25, 0.3) is 5.92 Å². The number of pyridine rings is 2. The van der Waals surface area contributed by atoms with Gasteiger partial charge in [-0.1, -0.05) is 24.8 Å². The van der Waals surface area contributed by atoms with Gasteiger partial charge in [0.1, 0.15) is 11.5 Å². The molecule has 3 aromatic heterocycles. The molecular weight excluding hydrogens is 424 g/mol. The highest BCUT2D eigenvalue weighted by molar-refractivity contribution is 6.30. The number of nitrogens with zero attached hydrogens (tertiary/aromatic N) is 4. The van der Waals surface area contributed by atoms with Crippen molar-refractivity contribution in [1.82, 2.24) is 20.2 Å². The molecule has 0 atom stereocenters. The third-order valence-corrected chi connectivity index (χ3v) is 5.02. The molecule has 3 aromatic rings. The highest BCUT2D eigenvalue weighted by atomic mass is 35.5. The second kappa shape index (κ2) is 8.35. The Balaban J connectivity index is 1.42. The first-order valence-electron chi connectivity index (χ1n) is 9.46. The van der Waals surface area contributed by atoms with E-state index in [-0.39, 0.29) is 19.5 Å². The number of hydrogen-bond donors (Lipinski definition) is 3. The van der Waals surface area contributed by atoms with Crippen molar-refractivity contribution in [3.63, 3.8) is 0 Å². The number of hydrogen-bond acceptors (Lipinski definition) is 6. The van der Waals surface area contributed by atoms with Gasteiger partial charge in [-0.2, -0.15) is 5.10 Å². The Morgan fingerprint density at radius 1 is 1.13 bits per heavy atom. The zero-order valence-electron chi connectivity index (χ0n) is 16.5. The van der Waals surface area contributed by atoms with Crippen molar-refractivity contribution < 1.29 is 8.78 Å². The first-order valence-corrected chi connectivity index (χ1v) is 9.84. The minimum absolute atomic E-state index is 0.155. The van der Waals surface area contributed by atoms with Crippen LogP contribution in [0.5, 0.6) is 0 Å². The van der Waals surface area contributed by atoms with Crippen molar-refractivity contribution in [1.29, 1.82) is 0 Å². The van der Waals surface area contributed by atoms with Crippen LogP contribution in [0.1, 0.15) is 17.7 Å². The molecule has 0 unspecified atom stereocenters. The maximum absolute atomic E-state index is 13.4. The lowest BCUT2D eigenvalue weighted by Gasteiger charge is -2.17. The largest absolute Gasteiger partial charge is 0.353 e. The summed E-state index contributed by atoms with van der Waals surface area (Å²) in [5.41, 5.74) is 3.83. The number of rotatable bonds is 7. The molecule has 1 saturated heterocycles. The molecule has 10 heteroatoms. The highest BCUT2D eigenvalue weighted by Crippen LogP contribution is 2.31. The Labute approximate surface area is 182 Å². The van der Waals surface area contributed by atoms with Gasteiger partial charge in [0.15, 0.2) is 0 Å². The fourth-order valence-electron chi connectivity index (χ4n) is 3.24. The molecule has 7 nitrogen and oxygen atoms in total. The van der Waals surface area contributed by atoms with E-state index in [1.54, 1.807) is 47.9 Å². The van der Waals surface area contributed by atoms with Gasteiger partial charge in [-0.05, 0) is 18.2 Å². The van der Waals surface area contributed by atoms with Crippen molar-refractivity contribution in [3.8, 4) is 0 Å². The predicted molar refractivity (Wildman–Crippen MR) is 119 cm³/mol. The van der Waals surface area contributed by atoms with Gasteiger partial charge in [-0.3, -0.25) is 10.1 Å². The number of H-pyrrole nitrogens is 1. The molecule has 0 aromatic carbocycles. The Hall–Kier alpha value is -3.46. The highest BCUT2D eigenvalue weighted by Gasteiger charge is 2.38. The van der Waals surface area contributed by atoms with E-state index in [1.165, 1.54) is 0 Å². The van der Waals surface area contributed by atoms with Crippen LogP contribution >= 0.6 is 11.6 Å². The zero-order valence-corrected chi connectivity index (χ0v) is 17.3. The summed E-state index contributed by atoms with van der Waals surface area (Å²) in [6, 6.07) is 5.22. The monoisotopic (exact) mass is 443 g/mol. The first-order chi connectivity index (χ1) is 14.8. The van der Waals surface area contributed by atoms with E-state index in [9.17, 15) is 8.78 Å². The number of nitrogens with one attached hydrogen (secondary N) is 3. The van der Waals surface area contributed by atoms with Crippen LogP contribution in [0.2, 0.25) is 5.02 Å². The van der Waals surface area contributed by atoms with E-state index in [1.807, 2.05) is 0 Å². The summed E-state index contributed by atoms with van der Waals surface area (Å²) in [6.07, 6.45) is 6.23. The molecule has 4 heterocycles. The Kier molecular flexibility index (Phi) is 5.60. The second-order valence-electron chi connectivity index (χ2n) is 7.19. The molecule has 160 valence electrons. The predicted octanol–water partition coefficient (Wildman–Crippen LogP) is 4.86. The van der Waals surface area contributed by atoms with Crippen LogP contribution in [0.4, 0.5) is 26.0 Å². The van der Waals surface area contributed by atoms with Gasteiger partial charge in [0.05, 0.1) is 41.0 Å². The summed E-state index contributed by atoms with van der Waals surface area (Å²) in [5.74, 6) is -2.15. The van der Waals surface area contributed by atoms with Crippen molar-refractivity contribution in [2.75, 3.05) is 28.6 Å². The van der Waals surface area contributed by atoms with Gasteiger partial charge in [-0.25, -0.2) is 13.8 Å². The van der Waals surface area contributed by atoms with Crippen LogP contribution in [0.25, 0.3) is 11.4 Å². The molecular formula is C21H20ClF2N7. The fourth-order valence-corrected chi connectivity index (χ4v) is 3.41. The van der Waals surface area contributed by atoms with Gasteiger partial charge >= 0.3 is 0 Å². The third-order valence-electron chi connectivity index (χ3n) is 4.82. The zero-order chi connectivity index (χ0) is 22.0. The summed E-state index contributed by atoms with van der Waals surface area (Å²) < 4.78 is 26.8. The van der Waals surface area contributed by atoms with E-state index >= 15 is 0 Å². The number of aromatic amines is 1. The molecule has 0 bridgehead atoms. The van der Waals surface area contributed by atoms with Crippen molar-refractivity contribution in [2.45, 2.75) is 12.3 Å². The smallest absolute Gasteiger partial charge is 0.266 e. The maximum Gasteiger partial charge on any atom is 0.266 e. The van der Waals surface area contributed by atoms with Crippen LogP contribution in [0.3, 0.4) is 0 Å². The molecule has 3 N–H and O–H groups in total. The van der Waals surface area contributed by atoms with Crippen molar-refractivity contribution >= 4 is 40.2 Å². The number of halogens is 3. The van der Waals surface area contributed by atoms with E-state index in [0.29, 0.717) is 39.3 Å². The molecule has 31 heavy (non-hydrogen) atoms. The van der Waals surface area contributed by atoms with Gasteiger partial charge < -0.3 is 15.5 Å². The summed E-state index contributed by atoms with van der Waals surface area (Å²) >= 11 is 5.99. The average molecular weight is 444 g/mol. The quantitative estimate of drug-likeness (QED) is 0.483. The van der Waals surface area contributed by atoms with Gasteiger partial charge in [-0.15, -0.1) is 0 Å². The standard InChI is InChI=1S/C21H20ClF2N7/c1-13(15-7-16(22)9-25-8-15)29-18-11-27-30-20(18)14(2)28-17-3-4-19(26-10-17)31-6-5-21(23,24)12-31/h3-4,7-11,28-29H,1-2,5-6,12H2,(H,27,30). The number of anilines is 3. The minimum atomic E-state index is -2.66. The molecule has 0 spiro atoms. The third kappa shape index (κ3) is 4.83. The summed E-state index contributed by atoms with van der Waals surface area (Å²) in [7, 11) is 0. The molecule has 4 rings (SSSR count). The van der Waals surface area contributed by atoms with Crippen LogP contribution in [0, 0.1) is 0 Å². The van der Waals surface area contributed by atoms with Gasteiger partial charge in [0, 0.05) is 36.6 Å². The summed E-state index contributed by atoms with van der Waals surface area (Å²) in [5, 5.41) is 13.8. The topological polar surface area (TPSA) is 81.8 Å². The summed E-state index contributed by atoms with van der Waals surface area (Å²) in [6.45, 7) is 8.03. The summed E-state index contributed by atoms with van der Waals surface area (Å²) in [4.78, 5) is 9.92. The Bertz CT molecular complexity index is 1110. The fraction of sp³-hybridized carbons (Fsp3) is 0.190. The maximum atomic E-state index is 13.4. The Morgan fingerprint density at radius 2 is 1.97 bits per heavy atom. The van der Waals surface area contributed by atoms with Crippen molar-refractivity contribution in [2.24, 2.45) is 0 Å². The first kappa shape index (κ1) is 20.8. The van der Waals surface area contributed by atoms with Crippen LogP contribution in [-0.2, 0) is 0 Å². The number of alkyl halides is 2. The van der Waals surface area contributed by atoms with E-state index in [0.717, 1.165) is 5.56 Å². The SMILES string of the molecule is C=C(Nc1cn[nH]c1C(=C)Nc1ccc(N2CCC(F)(F)C2)nc1)c1cncc(Cl)c1. The lowest BCUT2D eigenvalue weighted by molar-refractivity contribution is 0.0256. The molecule has 0 aliphatic carbocycles. The van der Waals surface area contributed by atoms with E-state index in [4.69, 9.17) is 11.6 Å². The second-order valence-corrected chi connectivity index (χ2v) is 7.63. The lowest BCUT2D eigenvalue weighted by Crippen LogP contribution is -2.25. The van der Waals surface area contributed by atoms with Crippen LogP contribution in [-0.4, -0.2) is 39.2 Å².